The molecule has 1 heterocycles. The van der Waals surface area contributed by atoms with E-state index >= 15 is 0 Å². The van der Waals surface area contributed by atoms with Gasteiger partial charge in [-0.3, -0.25) is 4.79 Å². The summed E-state index contributed by atoms with van der Waals surface area (Å²) < 4.78 is 36.0. The van der Waals surface area contributed by atoms with Gasteiger partial charge >= 0.3 is 12.1 Å². The van der Waals surface area contributed by atoms with Crippen LogP contribution in [0.3, 0.4) is 0 Å². The molecular weight excluding hydrogens is 229 g/mol. The molecular formula is C8H13F3N2O3. The fourth-order valence-corrected chi connectivity index (χ4v) is 1.46. The summed E-state index contributed by atoms with van der Waals surface area (Å²) >= 11 is 0. The van der Waals surface area contributed by atoms with E-state index in [9.17, 15) is 18.0 Å². The molecule has 0 aromatic carbocycles. The number of halogens is 3. The molecule has 4 N–H and O–H groups in total. The van der Waals surface area contributed by atoms with Crippen LogP contribution >= 0.6 is 0 Å². The minimum atomic E-state index is -4.69. The van der Waals surface area contributed by atoms with Crippen molar-refractivity contribution in [3.63, 3.8) is 0 Å². The average molecular weight is 242 g/mol. The molecule has 0 bridgehead atoms. The number of alkyl halides is 3. The summed E-state index contributed by atoms with van der Waals surface area (Å²) in [5, 5.41) is 22.6. The molecule has 0 saturated carbocycles. The molecule has 0 aliphatic carbocycles. The predicted molar refractivity (Wildman–Crippen MR) is 47.9 cm³/mol. The molecule has 1 rings (SSSR count). The summed E-state index contributed by atoms with van der Waals surface area (Å²) in [6.45, 7) is -0.133. The van der Waals surface area contributed by atoms with E-state index < -0.39 is 30.3 Å². The van der Waals surface area contributed by atoms with Crippen LogP contribution in [-0.2, 0) is 4.79 Å². The maximum absolute atomic E-state index is 12.0. The summed E-state index contributed by atoms with van der Waals surface area (Å²) in [7, 11) is 0. The number of aliphatic hydroxyl groups excluding tert-OH is 1. The smallest absolute Gasteiger partial charge is 0.415 e. The number of carboxylic acid groups (broad SMARTS) is 1. The largest absolute Gasteiger partial charge is 0.481 e. The van der Waals surface area contributed by atoms with Gasteiger partial charge in [-0.1, -0.05) is 0 Å². The zero-order valence-corrected chi connectivity index (χ0v) is 8.34. The van der Waals surface area contributed by atoms with E-state index in [0.29, 0.717) is 0 Å². The van der Waals surface area contributed by atoms with E-state index in [1.54, 1.807) is 0 Å². The van der Waals surface area contributed by atoms with Crippen molar-refractivity contribution in [1.82, 2.24) is 10.6 Å². The highest BCUT2D eigenvalue weighted by Crippen LogP contribution is 2.21. The van der Waals surface area contributed by atoms with Crippen LogP contribution in [0.15, 0.2) is 0 Å². The number of aliphatic hydroxyl groups is 1. The second-order valence-corrected chi connectivity index (χ2v) is 3.89. The molecule has 0 aromatic rings. The first-order chi connectivity index (χ1) is 7.25. The number of rotatable bonds is 5. The van der Waals surface area contributed by atoms with E-state index in [1.165, 1.54) is 0 Å². The van der Waals surface area contributed by atoms with Crippen LogP contribution in [0, 0.1) is 0 Å². The van der Waals surface area contributed by atoms with Gasteiger partial charge in [0.05, 0.1) is 12.0 Å². The Labute approximate surface area is 89.6 Å². The predicted octanol–water partition coefficient (Wildman–Crippen LogP) is -0.684. The first-order valence-corrected chi connectivity index (χ1v) is 4.67. The van der Waals surface area contributed by atoms with Crippen molar-refractivity contribution in [3.05, 3.63) is 0 Å². The normalized spacial score (nSPS) is 21.2. The van der Waals surface area contributed by atoms with Crippen molar-refractivity contribution in [1.29, 1.82) is 0 Å². The Morgan fingerprint density at radius 3 is 2.38 bits per heavy atom. The monoisotopic (exact) mass is 242 g/mol. The zero-order chi connectivity index (χ0) is 12.4. The lowest BCUT2D eigenvalue weighted by Crippen LogP contribution is -2.69. The van der Waals surface area contributed by atoms with Gasteiger partial charge in [-0.2, -0.15) is 13.2 Å². The van der Waals surface area contributed by atoms with Gasteiger partial charge in [-0.05, 0) is 0 Å². The number of β-amino-alcohol motifs (C(OH)–C–C–N with tert-alkyl or cyclic N) is 1. The Morgan fingerprint density at radius 2 is 2.06 bits per heavy atom. The minimum absolute atomic E-state index is 0.273. The van der Waals surface area contributed by atoms with Gasteiger partial charge in [0.15, 0.2) is 6.10 Å². The molecule has 1 saturated heterocycles. The summed E-state index contributed by atoms with van der Waals surface area (Å²) in [5.74, 6) is -1.09. The van der Waals surface area contributed by atoms with Crippen LogP contribution in [0.5, 0.6) is 0 Å². The van der Waals surface area contributed by atoms with Crippen molar-refractivity contribution in [2.45, 2.75) is 24.2 Å². The van der Waals surface area contributed by atoms with E-state index in [4.69, 9.17) is 10.2 Å². The fourth-order valence-electron chi connectivity index (χ4n) is 1.46. The molecule has 0 spiro atoms. The Kier molecular flexibility index (Phi) is 3.76. The molecule has 0 amide bonds. The highest BCUT2D eigenvalue weighted by Gasteiger charge is 2.43. The van der Waals surface area contributed by atoms with Crippen LogP contribution in [-0.4, -0.2) is 53.6 Å². The highest BCUT2D eigenvalue weighted by molar-refractivity contribution is 5.68. The van der Waals surface area contributed by atoms with Crippen molar-refractivity contribution < 1.29 is 28.2 Å². The molecule has 5 nitrogen and oxygen atoms in total. The van der Waals surface area contributed by atoms with Gasteiger partial charge < -0.3 is 20.8 Å². The summed E-state index contributed by atoms with van der Waals surface area (Å²) in [4.78, 5) is 10.5. The number of carbonyl (C=O) groups is 1. The van der Waals surface area contributed by atoms with Gasteiger partial charge in [0, 0.05) is 19.6 Å². The molecule has 1 aliphatic rings. The van der Waals surface area contributed by atoms with Gasteiger partial charge in [-0.25, -0.2) is 0 Å². The number of carboxylic acids is 1. The fraction of sp³-hybridized carbons (Fsp3) is 0.875. The van der Waals surface area contributed by atoms with Crippen molar-refractivity contribution in [2.75, 3.05) is 19.6 Å². The molecule has 94 valence electrons. The lowest BCUT2D eigenvalue weighted by molar-refractivity contribution is -0.203. The molecule has 16 heavy (non-hydrogen) atoms. The Bertz CT molecular complexity index is 266. The number of aliphatic carboxylic acids is 1. The van der Waals surface area contributed by atoms with Crippen LogP contribution in [0.4, 0.5) is 13.2 Å². The highest BCUT2D eigenvalue weighted by atomic mass is 19.4. The maximum Gasteiger partial charge on any atom is 0.415 e. The summed E-state index contributed by atoms with van der Waals surface area (Å²) in [6.07, 6.45) is -7.43. The van der Waals surface area contributed by atoms with Crippen molar-refractivity contribution >= 4 is 5.97 Å². The Hall–Kier alpha value is -0.860. The second-order valence-electron chi connectivity index (χ2n) is 3.89. The summed E-state index contributed by atoms with van der Waals surface area (Å²) in [6, 6.07) is 0. The third-order valence-corrected chi connectivity index (χ3v) is 2.46. The van der Waals surface area contributed by atoms with E-state index in [0.717, 1.165) is 0 Å². The van der Waals surface area contributed by atoms with E-state index in [1.807, 2.05) is 0 Å². The van der Waals surface area contributed by atoms with Crippen molar-refractivity contribution in [3.8, 4) is 0 Å². The average Bonchev–Trinajstić information content (AvgIpc) is 2.06. The standard InChI is InChI=1S/C8H13F3N2O3/c9-8(10,11)5(14)2-13-7(1-6(15)16)3-12-4-7/h5,12-14H,1-4H2,(H,15,16). The molecule has 1 atom stereocenters. The molecule has 1 unspecified atom stereocenters. The summed E-state index contributed by atoms with van der Waals surface area (Å²) in [5.41, 5.74) is -0.877. The van der Waals surface area contributed by atoms with Gasteiger partial charge in [-0.15, -0.1) is 0 Å². The number of hydrogen-bond acceptors (Lipinski definition) is 4. The molecule has 1 aliphatic heterocycles. The quantitative estimate of drug-likeness (QED) is 0.513. The zero-order valence-electron chi connectivity index (χ0n) is 8.34. The van der Waals surface area contributed by atoms with Gasteiger partial charge in [0.25, 0.3) is 0 Å². The first kappa shape index (κ1) is 13.2. The first-order valence-electron chi connectivity index (χ1n) is 4.67. The van der Waals surface area contributed by atoms with Crippen LogP contribution < -0.4 is 10.6 Å². The molecule has 8 heteroatoms. The third kappa shape index (κ3) is 3.32. The SMILES string of the molecule is O=C(O)CC1(NCC(O)C(F)(F)F)CNC1. The lowest BCUT2D eigenvalue weighted by atomic mass is 9.88. The number of hydrogen-bond donors (Lipinski definition) is 4. The Morgan fingerprint density at radius 1 is 1.50 bits per heavy atom. The maximum atomic E-state index is 12.0. The van der Waals surface area contributed by atoms with Crippen LogP contribution in [0.25, 0.3) is 0 Å². The minimum Gasteiger partial charge on any atom is -0.481 e. The van der Waals surface area contributed by atoms with Crippen LogP contribution in [0.1, 0.15) is 6.42 Å². The topological polar surface area (TPSA) is 81.6 Å². The lowest BCUT2D eigenvalue weighted by Gasteiger charge is -2.43. The third-order valence-electron chi connectivity index (χ3n) is 2.46. The molecule has 0 radical (unpaired) electrons. The Balaban J connectivity index is 2.43. The van der Waals surface area contributed by atoms with E-state index in [-0.39, 0.29) is 19.5 Å². The molecule has 0 aromatic heterocycles. The van der Waals surface area contributed by atoms with E-state index in [2.05, 4.69) is 10.6 Å². The van der Waals surface area contributed by atoms with Gasteiger partial charge in [0.1, 0.15) is 0 Å². The van der Waals surface area contributed by atoms with Crippen LogP contribution in [0.2, 0.25) is 0 Å². The number of nitrogens with one attached hydrogen (secondary N) is 2. The molecule has 1 fully saturated rings. The van der Waals surface area contributed by atoms with Gasteiger partial charge in [0.2, 0.25) is 0 Å². The van der Waals surface area contributed by atoms with Crippen molar-refractivity contribution in [2.24, 2.45) is 0 Å². The second kappa shape index (κ2) is 4.56.